The molecule has 0 spiro atoms. The normalized spacial score (nSPS) is 14.0. The first-order valence-corrected chi connectivity index (χ1v) is 7.55. The van der Waals surface area contributed by atoms with Crippen molar-refractivity contribution in [3.63, 3.8) is 0 Å². The summed E-state index contributed by atoms with van der Waals surface area (Å²) in [5.74, 6) is 1.16. The van der Waals surface area contributed by atoms with E-state index in [9.17, 15) is 4.79 Å². The van der Waals surface area contributed by atoms with Crippen LogP contribution in [0.5, 0.6) is 5.75 Å². The largest absolute Gasteiger partial charge is 0.496 e. The number of nitrogen functional groups attached to an aromatic ring is 1. The summed E-state index contributed by atoms with van der Waals surface area (Å²) in [7, 11) is 1.51. The lowest BCUT2D eigenvalue weighted by molar-refractivity contribution is 0.0955. The molecule has 6 nitrogen and oxygen atoms in total. The number of nitrogens with two attached hydrogens (primary N) is 1. The molecular weight excluding hydrogens is 336 g/mol. The minimum Gasteiger partial charge on any atom is -0.496 e. The van der Waals surface area contributed by atoms with Crippen molar-refractivity contribution in [2.75, 3.05) is 39.0 Å². The van der Waals surface area contributed by atoms with E-state index < -0.39 is 0 Å². The van der Waals surface area contributed by atoms with Crippen LogP contribution in [0.25, 0.3) is 0 Å². The van der Waals surface area contributed by atoms with Crippen LogP contribution in [0.2, 0.25) is 0 Å². The second kappa shape index (κ2) is 6.80. The summed E-state index contributed by atoms with van der Waals surface area (Å²) >= 11 is 3.32. The summed E-state index contributed by atoms with van der Waals surface area (Å²) < 4.78 is 5.88. The number of rotatable bonds is 5. The maximum absolute atomic E-state index is 12.3. The Labute approximate surface area is 132 Å². The van der Waals surface area contributed by atoms with E-state index in [-0.39, 0.29) is 5.91 Å². The van der Waals surface area contributed by atoms with Crippen LogP contribution in [0.3, 0.4) is 0 Å². The van der Waals surface area contributed by atoms with E-state index in [1.165, 1.54) is 7.11 Å². The third kappa shape index (κ3) is 3.47. The maximum atomic E-state index is 12.3. The van der Waals surface area contributed by atoms with Crippen molar-refractivity contribution < 1.29 is 9.53 Å². The molecule has 21 heavy (non-hydrogen) atoms. The predicted molar refractivity (Wildman–Crippen MR) is 87.0 cm³/mol. The van der Waals surface area contributed by atoms with Crippen LogP contribution in [0.15, 0.2) is 21.6 Å². The molecule has 0 fully saturated rings. The molecule has 114 valence electrons. The van der Waals surface area contributed by atoms with E-state index >= 15 is 0 Å². The highest BCUT2D eigenvalue weighted by Crippen LogP contribution is 2.29. The highest BCUT2D eigenvalue weighted by atomic mass is 79.9. The number of anilines is 1. The highest BCUT2D eigenvalue weighted by molar-refractivity contribution is 9.10. The van der Waals surface area contributed by atoms with Crippen molar-refractivity contribution in [1.29, 1.82) is 0 Å². The quantitative estimate of drug-likeness (QED) is 0.785. The van der Waals surface area contributed by atoms with E-state index in [1.807, 2.05) is 0 Å². The predicted octanol–water partition coefficient (Wildman–Crippen LogP) is 1.50. The zero-order chi connectivity index (χ0) is 15.4. The number of methoxy groups -OCH3 is 1. The van der Waals surface area contributed by atoms with Gasteiger partial charge >= 0.3 is 0 Å². The number of hydrogen-bond acceptors (Lipinski definition) is 5. The van der Waals surface area contributed by atoms with E-state index in [0.717, 1.165) is 25.5 Å². The molecule has 1 aromatic carbocycles. The summed E-state index contributed by atoms with van der Waals surface area (Å²) in [5.41, 5.74) is 6.76. The second-order valence-electron chi connectivity index (χ2n) is 4.63. The van der Waals surface area contributed by atoms with Crippen molar-refractivity contribution in [2.24, 2.45) is 4.99 Å². The number of carbonyl (C=O) groups excluding carboxylic acids is 1. The van der Waals surface area contributed by atoms with Gasteiger partial charge in [0, 0.05) is 29.3 Å². The molecule has 0 aromatic heterocycles. The number of benzene rings is 1. The first-order chi connectivity index (χ1) is 10.1. The van der Waals surface area contributed by atoms with Crippen molar-refractivity contribution in [1.82, 2.24) is 10.2 Å². The molecule has 2 rings (SSSR count). The van der Waals surface area contributed by atoms with Crippen molar-refractivity contribution >= 4 is 33.4 Å². The molecule has 0 atom stereocenters. The number of hydrogen-bond donors (Lipinski definition) is 2. The number of amides is 1. The summed E-state index contributed by atoms with van der Waals surface area (Å²) in [6.45, 7) is 5.08. The number of likely N-dealkylation sites (N-methyl/N-ethyl adjacent to an activating group) is 1. The fourth-order valence-corrected chi connectivity index (χ4v) is 2.55. The van der Waals surface area contributed by atoms with Gasteiger partial charge in [0.15, 0.2) is 0 Å². The van der Waals surface area contributed by atoms with E-state index in [2.05, 4.69) is 38.1 Å². The number of ether oxygens (including phenoxy) is 1. The minimum absolute atomic E-state index is 0.210. The van der Waals surface area contributed by atoms with E-state index in [1.54, 1.807) is 12.1 Å². The molecule has 0 radical (unpaired) electrons. The van der Waals surface area contributed by atoms with E-state index in [0.29, 0.717) is 28.0 Å². The van der Waals surface area contributed by atoms with Gasteiger partial charge in [0.2, 0.25) is 0 Å². The fraction of sp³-hybridized carbons (Fsp3) is 0.429. The number of nitrogens with zero attached hydrogens (tertiary/aromatic N) is 2. The molecule has 1 aromatic rings. The molecule has 7 heteroatoms. The Balaban J connectivity index is 2.09. The number of aliphatic imine (C=N–C) groups is 1. The lowest BCUT2D eigenvalue weighted by Crippen LogP contribution is -2.38. The zero-order valence-corrected chi connectivity index (χ0v) is 13.7. The SMILES string of the molecule is CCN1CCN=C1CNC(=O)c1cc(Br)c(N)cc1OC. The van der Waals surface area contributed by atoms with Crippen LogP contribution in [0, 0.1) is 0 Å². The number of carbonyl (C=O) groups is 1. The van der Waals surface area contributed by atoms with Gasteiger partial charge in [-0.1, -0.05) is 0 Å². The Morgan fingerprint density at radius 1 is 1.57 bits per heavy atom. The van der Waals surface area contributed by atoms with Crippen molar-refractivity contribution in [3.05, 3.63) is 22.2 Å². The van der Waals surface area contributed by atoms with Crippen LogP contribution in [-0.2, 0) is 0 Å². The number of amidine groups is 1. The van der Waals surface area contributed by atoms with Crippen LogP contribution in [0.1, 0.15) is 17.3 Å². The lowest BCUT2D eigenvalue weighted by Gasteiger charge is -2.18. The topological polar surface area (TPSA) is 80.0 Å². The summed E-state index contributed by atoms with van der Waals surface area (Å²) in [6.07, 6.45) is 0. The molecule has 1 aliphatic rings. The van der Waals surface area contributed by atoms with Crippen LogP contribution < -0.4 is 15.8 Å². The average Bonchev–Trinajstić information content (AvgIpc) is 2.94. The highest BCUT2D eigenvalue weighted by Gasteiger charge is 2.18. The molecule has 0 saturated heterocycles. The van der Waals surface area contributed by atoms with Crippen LogP contribution in [-0.4, -0.2) is 49.9 Å². The van der Waals surface area contributed by atoms with Gasteiger partial charge in [0.25, 0.3) is 5.91 Å². The van der Waals surface area contributed by atoms with Crippen LogP contribution >= 0.6 is 15.9 Å². The Morgan fingerprint density at radius 2 is 2.33 bits per heavy atom. The number of halogens is 1. The van der Waals surface area contributed by atoms with Gasteiger partial charge in [0.1, 0.15) is 11.6 Å². The standard InChI is InChI=1S/C14H19BrN4O2/c1-3-19-5-4-17-13(19)8-18-14(20)9-6-10(15)11(16)7-12(9)21-2/h6-7H,3-5,8,16H2,1-2H3,(H,18,20). The van der Waals surface area contributed by atoms with Gasteiger partial charge in [-0.25, -0.2) is 0 Å². The van der Waals surface area contributed by atoms with Crippen LogP contribution in [0.4, 0.5) is 5.69 Å². The Kier molecular flexibility index (Phi) is 5.06. The zero-order valence-electron chi connectivity index (χ0n) is 12.1. The van der Waals surface area contributed by atoms with Crippen molar-refractivity contribution in [2.45, 2.75) is 6.92 Å². The monoisotopic (exact) mass is 354 g/mol. The smallest absolute Gasteiger partial charge is 0.255 e. The second-order valence-corrected chi connectivity index (χ2v) is 5.49. The molecular formula is C14H19BrN4O2. The third-order valence-corrected chi connectivity index (χ3v) is 4.07. The van der Waals surface area contributed by atoms with Gasteiger partial charge in [-0.3, -0.25) is 9.79 Å². The van der Waals surface area contributed by atoms with Gasteiger partial charge in [-0.2, -0.15) is 0 Å². The summed E-state index contributed by atoms with van der Waals surface area (Å²) in [4.78, 5) is 18.9. The molecule has 1 aliphatic heterocycles. The molecule has 0 aliphatic carbocycles. The third-order valence-electron chi connectivity index (χ3n) is 3.38. The van der Waals surface area contributed by atoms with Gasteiger partial charge < -0.3 is 20.7 Å². The average molecular weight is 355 g/mol. The first-order valence-electron chi connectivity index (χ1n) is 6.76. The molecule has 3 N–H and O–H groups in total. The molecule has 0 bridgehead atoms. The lowest BCUT2D eigenvalue weighted by atomic mass is 10.1. The summed E-state index contributed by atoms with van der Waals surface area (Å²) in [5, 5.41) is 2.87. The maximum Gasteiger partial charge on any atom is 0.255 e. The molecule has 1 heterocycles. The Hall–Kier alpha value is -1.76. The van der Waals surface area contributed by atoms with Crippen molar-refractivity contribution in [3.8, 4) is 5.75 Å². The Morgan fingerprint density at radius 3 is 3.00 bits per heavy atom. The minimum atomic E-state index is -0.210. The molecule has 0 saturated carbocycles. The van der Waals surface area contributed by atoms with Gasteiger partial charge in [-0.15, -0.1) is 0 Å². The Bertz CT molecular complexity index is 574. The molecule has 1 amide bonds. The van der Waals surface area contributed by atoms with E-state index in [4.69, 9.17) is 10.5 Å². The molecule has 0 unspecified atom stereocenters. The van der Waals surface area contributed by atoms with Gasteiger partial charge in [0.05, 0.1) is 25.8 Å². The number of nitrogens with one attached hydrogen (secondary N) is 1. The van der Waals surface area contributed by atoms with Gasteiger partial charge in [-0.05, 0) is 28.9 Å². The summed E-state index contributed by atoms with van der Waals surface area (Å²) in [6, 6.07) is 3.29. The first kappa shape index (κ1) is 15.6. The fourth-order valence-electron chi connectivity index (χ4n) is 2.21.